The molecule has 0 heterocycles. The Labute approximate surface area is 96.1 Å². The van der Waals surface area contributed by atoms with Crippen molar-refractivity contribution >= 4 is 5.69 Å². The monoisotopic (exact) mass is 220 g/mol. The van der Waals surface area contributed by atoms with Gasteiger partial charge in [0.1, 0.15) is 11.9 Å². The standard InChI is InChI=1S/C13H17FN2/c1-2-3-4-7-11(10-15)16-13-9-6-5-8-12(13)14/h5-6,8-9,11,16H,2-4,7H2,1H3. The molecule has 0 aromatic heterocycles. The van der Waals surface area contributed by atoms with E-state index in [1.54, 1.807) is 18.2 Å². The number of hydrogen-bond acceptors (Lipinski definition) is 2. The van der Waals surface area contributed by atoms with Crippen LogP contribution in [0.1, 0.15) is 32.6 Å². The predicted octanol–water partition coefficient (Wildman–Crippen LogP) is 3.71. The van der Waals surface area contributed by atoms with Gasteiger partial charge in [-0.25, -0.2) is 4.39 Å². The quantitative estimate of drug-likeness (QED) is 0.742. The summed E-state index contributed by atoms with van der Waals surface area (Å²) in [6.45, 7) is 2.12. The van der Waals surface area contributed by atoms with Gasteiger partial charge in [-0.3, -0.25) is 0 Å². The molecule has 3 heteroatoms. The number of hydrogen-bond donors (Lipinski definition) is 1. The first-order chi connectivity index (χ1) is 7.77. The minimum Gasteiger partial charge on any atom is -0.367 e. The number of para-hydroxylation sites is 1. The highest BCUT2D eigenvalue weighted by atomic mass is 19.1. The summed E-state index contributed by atoms with van der Waals surface area (Å²) in [6.07, 6.45) is 3.99. The van der Waals surface area contributed by atoms with Crippen LogP contribution in [0.3, 0.4) is 0 Å². The van der Waals surface area contributed by atoms with Crippen molar-refractivity contribution in [3.05, 3.63) is 30.1 Å². The molecule has 0 radical (unpaired) electrons. The van der Waals surface area contributed by atoms with Gasteiger partial charge in [-0.2, -0.15) is 5.26 Å². The molecule has 86 valence electrons. The first kappa shape index (κ1) is 12.5. The van der Waals surface area contributed by atoms with E-state index in [2.05, 4.69) is 18.3 Å². The zero-order valence-corrected chi connectivity index (χ0v) is 9.54. The highest BCUT2D eigenvalue weighted by Crippen LogP contribution is 2.15. The van der Waals surface area contributed by atoms with Gasteiger partial charge >= 0.3 is 0 Å². The fourth-order valence-corrected chi connectivity index (χ4v) is 1.53. The van der Waals surface area contributed by atoms with E-state index in [4.69, 9.17) is 5.26 Å². The lowest BCUT2D eigenvalue weighted by atomic mass is 10.1. The van der Waals surface area contributed by atoms with Crippen molar-refractivity contribution < 1.29 is 4.39 Å². The van der Waals surface area contributed by atoms with E-state index in [9.17, 15) is 4.39 Å². The second kappa shape index (κ2) is 6.84. The molecule has 0 spiro atoms. The Balaban J connectivity index is 2.51. The van der Waals surface area contributed by atoms with Crippen LogP contribution >= 0.6 is 0 Å². The van der Waals surface area contributed by atoms with Crippen molar-refractivity contribution in [2.75, 3.05) is 5.32 Å². The van der Waals surface area contributed by atoms with E-state index in [0.29, 0.717) is 5.69 Å². The molecule has 0 saturated heterocycles. The zero-order chi connectivity index (χ0) is 11.8. The van der Waals surface area contributed by atoms with Crippen LogP contribution in [-0.2, 0) is 0 Å². The van der Waals surface area contributed by atoms with Crippen LogP contribution in [0.5, 0.6) is 0 Å². The van der Waals surface area contributed by atoms with Crippen molar-refractivity contribution in [3.63, 3.8) is 0 Å². The molecule has 0 fully saturated rings. The van der Waals surface area contributed by atoms with Gasteiger partial charge in [0.15, 0.2) is 0 Å². The molecule has 1 atom stereocenters. The average molecular weight is 220 g/mol. The SMILES string of the molecule is CCCCCC(C#N)Nc1ccccc1F. The van der Waals surface area contributed by atoms with Gasteiger partial charge in [0.25, 0.3) is 0 Å². The van der Waals surface area contributed by atoms with Crippen molar-refractivity contribution in [1.82, 2.24) is 0 Å². The smallest absolute Gasteiger partial charge is 0.146 e. The number of anilines is 1. The van der Waals surface area contributed by atoms with Gasteiger partial charge < -0.3 is 5.32 Å². The number of nitrogens with one attached hydrogen (secondary N) is 1. The highest BCUT2D eigenvalue weighted by molar-refractivity contribution is 5.46. The molecular weight excluding hydrogens is 203 g/mol. The van der Waals surface area contributed by atoms with Crippen LogP contribution in [0.15, 0.2) is 24.3 Å². The Bertz CT molecular complexity index is 357. The highest BCUT2D eigenvalue weighted by Gasteiger charge is 2.08. The van der Waals surface area contributed by atoms with Crippen LogP contribution in [0.4, 0.5) is 10.1 Å². The molecule has 0 saturated carbocycles. The van der Waals surface area contributed by atoms with E-state index in [0.717, 1.165) is 25.7 Å². The third-order valence-corrected chi connectivity index (χ3v) is 2.46. The zero-order valence-electron chi connectivity index (χ0n) is 9.54. The second-order valence-electron chi connectivity index (χ2n) is 3.80. The summed E-state index contributed by atoms with van der Waals surface area (Å²) in [6, 6.07) is 8.29. The van der Waals surface area contributed by atoms with E-state index < -0.39 is 0 Å². The van der Waals surface area contributed by atoms with Crippen LogP contribution in [-0.4, -0.2) is 6.04 Å². The molecule has 1 unspecified atom stereocenters. The van der Waals surface area contributed by atoms with Gasteiger partial charge in [0, 0.05) is 0 Å². The first-order valence-corrected chi connectivity index (χ1v) is 5.68. The summed E-state index contributed by atoms with van der Waals surface area (Å²) in [5, 5.41) is 11.9. The van der Waals surface area contributed by atoms with Crippen molar-refractivity contribution in [2.45, 2.75) is 38.6 Å². The van der Waals surface area contributed by atoms with E-state index in [1.807, 2.05) is 0 Å². The molecule has 2 nitrogen and oxygen atoms in total. The van der Waals surface area contributed by atoms with Gasteiger partial charge in [-0.05, 0) is 18.6 Å². The summed E-state index contributed by atoms with van der Waals surface area (Å²) < 4.78 is 13.3. The van der Waals surface area contributed by atoms with Gasteiger partial charge in [0.05, 0.1) is 11.8 Å². The Morgan fingerprint density at radius 1 is 1.38 bits per heavy atom. The summed E-state index contributed by atoms with van der Waals surface area (Å²) >= 11 is 0. The van der Waals surface area contributed by atoms with Crippen LogP contribution in [0.2, 0.25) is 0 Å². The lowest BCUT2D eigenvalue weighted by Gasteiger charge is -2.13. The molecule has 0 aliphatic heterocycles. The van der Waals surface area contributed by atoms with Crippen LogP contribution in [0, 0.1) is 17.1 Å². The molecule has 1 aromatic carbocycles. The number of rotatable bonds is 6. The maximum absolute atomic E-state index is 13.3. The Hall–Kier alpha value is -1.56. The number of unbranched alkanes of at least 4 members (excludes halogenated alkanes) is 2. The molecule has 1 aromatic rings. The lowest BCUT2D eigenvalue weighted by molar-refractivity contribution is 0.618. The molecule has 16 heavy (non-hydrogen) atoms. The topological polar surface area (TPSA) is 35.8 Å². The molecule has 0 amide bonds. The fraction of sp³-hybridized carbons (Fsp3) is 0.462. The second-order valence-corrected chi connectivity index (χ2v) is 3.80. The van der Waals surface area contributed by atoms with Crippen molar-refractivity contribution in [2.24, 2.45) is 0 Å². The van der Waals surface area contributed by atoms with Crippen molar-refractivity contribution in [3.8, 4) is 6.07 Å². The summed E-state index contributed by atoms with van der Waals surface area (Å²) in [5.74, 6) is -0.307. The van der Waals surface area contributed by atoms with E-state index in [-0.39, 0.29) is 11.9 Å². The van der Waals surface area contributed by atoms with Gasteiger partial charge in [-0.15, -0.1) is 0 Å². The van der Waals surface area contributed by atoms with Gasteiger partial charge in [0.2, 0.25) is 0 Å². The summed E-state index contributed by atoms with van der Waals surface area (Å²) in [7, 11) is 0. The average Bonchev–Trinajstić information content (AvgIpc) is 2.30. The fourth-order valence-electron chi connectivity index (χ4n) is 1.53. The van der Waals surface area contributed by atoms with E-state index in [1.165, 1.54) is 6.07 Å². The summed E-state index contributed by atoms with van der Waals surface area (Å²) in [5.41, 5.74) is 0.408. The predicted molar refractivity (Wildman–Crippen MR) is 63.6 cm³/mol. The van der Waals surface area contributed by atoms with Crippen LogP contribution < -0.4 is 5.32 Å². The Morgan fingerprint density at radius 2 is 2.12 bits per heavy atom. The maximum Gasteiger partial charge on any atom is 0.146 e. The third-order valence-electron chi connectivity index (χ3n) is 2.46. The van der Waals surface area contributed by atoms with Gasteiger partial charge in [-0.1, -0.05) is 38.3 Å². The first-order valence-electron chi connectivity index (χ1n) is 5.68. The summed E-state index contributed by atoms with van der Waals surface area (Å²) in [4.78, 5) is 0. The Kier molecular flexibility index (Phi) is 5.35. The Morgan fingerprint density at radius 3 is 2.75 bits per heavy atom. The van der Waals surface area contributed by atoms with Crippen LogP contribution in [0.25, 0.3) is 0 Å². The van der Waals surface area contributed by atoms with Crippen molar-refractivity contribution in [1.29, 1.82) is 5.26 Å². The number of halogens is 1. The molecular formula is C13H17FN2. The molecule has 1 rings (SSSR count). The minimum absolute atomic E-state index is 0.302. The lowest BCUT2D eigenvalue weighted by Crippen LogP contribution is -2.17. The molecule has 0 aliphatic rings. The third kappa shape index (κ3) is 3.90. The molecule has 1 N–H and O–H groups in total. The number of nitrogens with zero attached hydrogens (tertiary/aromatic N) is 1. The largest absolute Gasteiger partial charge is 0.367 e. The normalized spacial score (nSPS) is 11.8. The number of benzene rings is 1. The molecule has 0 bridgehead atoms. The molecule has 0 aliphatic carbocycles. The minimum atomic E-state index is -0.307. The number of nitriles is 1. The van der Waals surface area contributed by atoms with E-state index >= 15 is 0 Å². The maximum atomic E-state index is 13.3.